The van der Waals surface area contributed by atoms with E-state index in [2.05, 4.69) is 18.3 Å². The van der Waals surface area contributed by atoms with Crippen molar-refractivity contribution in [2.75, 3.05) is 13.1 Å². The van der Waals surface area contributed by atoms with Gasteiger partial charge in [-0.25, -0.2) is 0 Å². The smallest absolute Gasteiger partial charge is 0.0453 e. The summed E-state index contributed by atoms with van der Waals surface area (Å²) in [6.45, 7) is 4.47. The summed E-state index contributed by atoms with van der Waals surface area (Å²) in [6, 6.07) is 5.95. The third-order valence-electron chi connectivity index (χ3n) is 4.97. The predicted octanol–water partition coefficient (Wildman–Crippen LogP) is 4.95. The van der Waals surface area contributed by atoms with Crippen molar-refractivity contribution in [3.05, 3.63) is 33.8 Å². The molecule has 1 N–H and O–H groups in total. The molecule has 2 atom stereocenters. The SMILES string of the molecule is CCCNCC1(Cc2ccc(Cl)cc2Cl)CC2CC2C1. The number of hydrogen-bond acceptors (Lipinski definition) is 1. The van der Waals surface area contributed by atoms with Crippen molar-refractivity contribution in [2.45, 2.75) is 39.0 Å². The molecule has 110 valence electrons. The molecule has 1 aromatic rings. The number of benzene rings is 1. The van der Waals surface area contributed by atoms with Crippen molar-refractivity contribution < 1.29 is 0 Å². The lowest BCUT2D eigenvalue weighted by atomic mass is 9.77. The van der Waals surface area contributed by atoms with Crippen LogP contribution in [0.2, 0.25) is 10.0 Å². The predicted molar refractivity (Wildman–Crippen MR) is 86.6 cm³/mol. The maximum Gasteiger partial charge on any atom is 0.0453 e. The summed E-state index contributed by atoms with van der Waals surface area (Å²) in [6.07, 6.45) is 6.49. The Morgan fingerprint density at radius 3 is 2.65 bits per heavy atom. The molecule has 2 aliphatic carbocycles. The van der Waals surface area contributed by atoms with Crippen LogP contribution in [0, 0.1) is 17.3 Å². The van der Waals surface area contributed by atoms with Gasteiger partial charge in [-0.3, -0.25) is 0 Å². The summed E-state index contributed by atoms with van der Waals surface area (Å²) in [5.74, 6) is 1.98. The Balaban J connectivity index is 1.72. The maximum atomic E-state index is 6.37. The van der Waals surface area contributed by atoms with E-state index < -0.39 is 0 Å². The zero-order chi connectivity index (χ0) is 14.2. The van der Waals surface area contributed by atoms with Crippen LogP contribution in [0.25, 0.3) is 0 Å². The van der Waals surface area contributed by atoms with E-state index in [4.69, 9.17) is 23.2 Å². The summed E-state index contributed by atoms with van der Waals surface area (Å²) in [5.41, 5.74) is 1.68. The third-order valence-corrected chi connectivity index (χ3v) is 5.55. The maximum absolute atomic E-state index is 6.37. The lowest BCUT2D eigenvalue weighted by molar-refractivity contribution is 0.249. The van der Waals surface area contributed by atoms with Gasteiger partial charge in [0, 0.05) is 16.6 Å². The van der Waals surface area contributed by atoms with Gasteiger partial charge in [-0.1, -0.05) is 36.2 Å². The first kappa shape index (κ1) is 14.7. The Hall–Kier alpha value is -0.240. The van der Waals surface area contributed by atoms with Crippen LogP contribution in [-0.2, 0) is 6.42 Å². The van der Waals surface area contributed by atoms with Gasteiger partial charge in [-0.05, 0) is 73.6 Å². The lowest BCUT2D eigenvalue weighted by Crippen LogP contribution is -2.35. The van der Waals surface area contributed by atoms with Crippen molar-refractivity contribution in [3.63, 3.8) is 0 Å². The Morgan fingerprint density at radius 1 is 1.25 bits per heavy atom. The highest BCUT2D eigenvalue weighted by atomic mass is 35.5. The van der Waals surface area contributed by atoms with Crippen LogP contribution >= 0.6 is 23.2 Å². The minimum atomic E-state index is 0.417. The van der Waals surface area contributed by atoms with Gasteiger partial charge in [0.1, 0.15) is 0 Å². The first-order chi connectivity index (χ1) is 9.62. The molecule has 0 heterocycles. The largest absolute Gasteiger partial charge is 0.316 e. The van der Waals surface area contributed by atoms with Crippen LogP contribution in [0.5, 0.6) is 0 Å². The second kappa shape index (κ2) is 5.87. The van der Waals surface area contributed by atoms with Gasteiger partial charge in [0.05, 0.1) is 0 Å². The lowest BCUT2D eigenvalue weighted by Gasteiger charge is -2.32. The number of hydrogen-bond donors (Lipinski definition) is 1. The van der Waals surface area contributed by atoms with E-state index in [1.54, 1.807) is 0 Å². The van der Waals surface area contributed by atoms with Gasteiger partial charge >= 0.3 is 0 Å². The quantitative estimate of drug-likeness (QED) is 0.733. The molecule has 2 unspecified atom stereocenters. The highest BCUT2D eigenvalue weighted by Gasteiger charge is 2.53. The second-order valence-corrected chi connectivity index (χ2v) is 7.60. The summed E-state index contributed by atoms with van der Waals surface area (Å²) >= 11 is 12.4. The molecule has 3 rings (SSSR count). The highest BCUT2D eigenvalue weighted by Crippen LogP contribution is 2.60. The number of nitrogens with one attached hydrogen (secondary N) is 1. The van der Waals surface area contributed by atoms with Crippen LogP contribution in [0.3, 0.4) is 0 Å². The molecule has 20 heavy (non-hydrogen) atoms. The Labute approximate surface area is 132 Å². The van der Waals surface area contributed by atoms with Crippen LogP contribution in [-0.4, -0.2) is 13.1 Å². The van der Waals surface area contributed by atoms with Gasteiger partial charge in [0.25, 0.3) is 0 Å². The van der Waals surface area contributed by atoms with Crippen molar-refractivity contribution in [3.8, 4) is 0 Å². The molecular formula is C17H23Cl2N. The zero-order valence-electron chi connectivity index (χ0n) is 12.1. The summed E-state index contributed by atoms with van der Waals surface area (Å²) < 4.78 is 0. The van der Waals surface area contributed by atoms with E-state index >= 15 is 0 Å². The molecule has 0 saturated heterocycles. The van der Waals surface area contributed by atoms with Crippen LogP contribution in [0.4, 0.5) is 0 Å². The molecule has 2 aliphatic rings. The van der Waals surface area contributed by atoms with Gasteiger partial charge in [0.2, 0.25) is 0 Å². The normalized spacial score (nSPS) is 31.4. The zero-order valence-corrected chi connectivity index (χ0v) is 13.6. The molecule has 0 spiro atoms. The molecule has 3 heteroatoms. The van der Waals surface area contributed by atoms with E-state index in [1.807, 2.05) is 12.1 Å². The minimum Gasteiger partial charge on any atom is -0.316 e. The van der Waals surface area contributed by atoms with E-state index in [-0.39, 0.29) is 0 Å². The Bertz CT molecular complexity index is 476. The van der Waals surface area contributed by atoms with E-state index in [9.17, 15) is 0 Å². The standard InChI is InChI=1S/C17H23Cl2N/c1-2-5-20-11-17(9-13-6-14(13)10-17)8-12-3-4-15(18)7-16(12)19/h3-4,7,13-14,20H,2,5-6,8-11H2,1H3. The van der Waals surface area contributed by atoms with Crippen LogP contribution in [0.15, 0.2) is 18.2 Å². The fourth-order valence-electron chi connectivity index (χ4n) is 3.96. The minimum absolute atomic E-state index is 0.417. The molecule has 1 nitrogen and oxygen atoms in total. The summed E-state index contributed by atoms with van der Waals surface area (Å²) in [4.78, 5) is 0. The second-order valence-electron chi connectivity index (χ2n) is 6.75. The van der Waals surface area contributed by atoms with E-state index in [0.29, 0.717) is 5.41 Å². The monoisotopic (exact) mass is 311 g/mol. The molecule has 0 aromatic heterocycles. The molecular weight excluding hydrogens is 289 g/mol. The van der Waals surface area contributed by atoms with Gasteiger partial charge in [-0.15, -0.1) is 0 Å². The molecule has 0 radical (unpaired) electrons. The van der Waals surface area contributed by atoms with Crippen molar-refractivity contribution in [1.82, 2.24) is 5.32 Å². The highest BCUT2D eigenvalue weighted by molar-refractivity contribution is 6.35. The van der Waals surface area contributed by atoms with Gasteiger partial charge in [-0.2, -0.15) is 0 Å². The number of halogens is 2. The van der Waals surface area contributed by atoms with E-state index in [1.165, 1.54) is 31.2 Å². The number of fused-ring (bicyclic) bond motifs is 1. The van der Waals surface area contributed by atoms with Crippen LogP contribution in [0.1, 0.15) is 38.2 Å². The average Bonchev–Trinajstić information content (AvgIpc) is 3.02. The first-order valence-corrected chi connectivity index (χ1v) is 8.52. The molecule has 2 fully saturated rings. The van der Waals surface area contributed by atoms with Crippen LogP contribution < -0.4 is 5.32 Å². The molecule has 0 amide bonds. The van der Waals surface area contributed by atoms with Crippen molar-refractivity contribution in [2.24, 2.45) is 17.3 Å². The third kappa shape index (κ3) is 3.16. The topological polar surface area (TPSA) is 12.0 Å². The average molecular weight is 312 g/mol. The summed E-state index contributed by atoms with van der Waals surface area (Å²) in [5, 5.41) is 5.20. The Morgan fingerprint density at radius 2 is 2.00 bits per heavy atom. The number of rotatable bonds is 6. The molecule has 0 aliphatic heterocycles. The Kier molecular flexibility index (Phi) is 4.31. The fraction of sp³-hybridized carbons (Fsp3) is 0.647. The molecule has 2 saturated carbocycles. The molecule has 1 aromatic carbocycles. The van der Waals surface area contributed by atoms with E-state index in [0.717, 1.165) is 41.4 Å². The van der Waals surface area contributed by atoms with Crippen molar-refractivity contribution >= 4 is 23.2 Å². The molecule has 0 bridgehead atoms. The first-order valence-electron chi connectivity index (χ1n) is 7.76. The fourth-order valence-corrected chi connectivity index (χ4v) is 4.43. The summed E-state index contributed by atoms with van der Waals surface area (Å²) in [7, 11) is 0. The van der Waals surface area contributed by atoms with Gasteiger partial charge in [0.15, 0.2) is 0 Å². The van der Waals surface area contributed by atoms with Crippen molar-refractivity contribution in [1.29, 1.82) is 0 Å². The van der Waals surface area contributed by atoms with Gasteiger partial charge < -0.3 is 5.32 Å².